The lowest BCUT2D eigenvalue weighted by atomic mass is 10.0. The largest absolute Gasteiger partial charge is 0.338 e. The van der Waals surface area contributed by atoms with Crippen molar-refractivity contribution in [1.82, 2.24) is 19.4 Å². The van der Waals surface area contributed by atoms with Crippen molar-refractivity contribution in [3.8, 4) is 0 Å². The van der Waals surface area contributed by atoms with Crippen LogP contribution in [0.5, 0.6) is 0 Å². The highest BCUT2D eigenvalue weighted by Gasteiger charge is 2.42. The van der Waals surface area contributed by atoms with Gasteiger partial charge in [-0.1, -0.05) is 0 Å². The van der Waals surface area contributed by atoms with Crippen LogP contribution in [0.15, 0.2) is 28.5 Å². The van der Waals surface area contributed by atoms with E-state index in [1.807, 2.05) is 11.8 Å². The summed E-state index contributed by atoms with van der Waals surface area (Å²) in [5, 5.41) is 3.24. The van der Waals surface area contributed by atoms with Crippen molar-refractivity contribution >= 4 is 17.2 Å². The van der Waals surface area contributed by atoms with Gasteiger partial charge in [0.1, 0.15) is 5.56 Å². The SMILES string of the molecule is Cc1nc(CN2CC3CN(C(=O)c4cccn(C)c4=O)CC3C2)cs1. The molecule has 4 rings (SSSR count). The van der Waals surface area contributed by atoms with E-state index < -0.39 is 0 Å². The first-order chi connectivity index (χ1) is 12.0. The van der Waals surface area contributed by atoms with Gasteiger partial charge in [0.05, 0.1) is 10.7 Å². The number of carbonyl (C=O) groups excluding carboxylic acids is 1. The maximum atomic E-state index is 12.7. The van der Waals surface area contributed by atoms with E-state index in [1.54, 1.807) is 36.7 Å². The van der Waals surface area contributed by atoms with Gasteiger partial charge in [-0.3, -0.25) is 14.5 Å². The van der Waals surface area contributed by atoms with E-state index in [0.717, 1.165) is 43.4 Å². The Morgan fingerprint density at radius 1 is 1.28 bits per heavy atom. The van der Waals surface area contributed by atoms with Crippen LogP contribution in [-0.4, -0.2) is 51.4 Å². The standard InChI is InChI=1S/C18H22N4O2S/c1-12-19-15(11-25-12)10-21-6-13-8-22(9-14(13)7-21)18(24)16-4-3-5-20(2)17(16)23/h3-5,11,13-14H,6-10H2,1-2H3. The Balaban J connectivity index is 1.40. The molecule has 25 heavy (non-hydrogen) atoms. The molecule has 2 aliphatic heterocycles. The molecule has 0 aromatic carbocycles. The van der Waals surface area contributed by atoms with Crippen molar-refractivity contribution in [1.29, 1.82) is 0 Å². The van der Waals surface area contributed by atoms with Gasteiger partial charge in [-0.25, -0.2) is 4.98 Å². The molecule has 2 aromatic rings. The zero-order chi connectivity index (χ0) is 17.6. The maximum Gasteiger partial charge on any atom is 0.263 e. The second-order valence-electron chi connectivity index (χ2n) is 7.12. The second-order valence-corrected chi connectivity index (χ2v) is 8.18. The first-order valence-corrected chi connectivity index (χ1v) is 9.47. The number of amides is 1. The van der Waals surface area contributed by atoms with Crippen molar-refractivity contribution in [2.45, 2.75) is 13.5 Å². The highest BCUT2D eigenvalue weighted by Crippen LogP contribution is 2.32. The van der Waals surface area contributed by atoms with Crippen molar-refractivity contribution < 1.29 is 4.79 Å². The van der Waals surface area contributed by atoms with Crippen LogP contribution in [-0.2, 0) is 13.6 Å². The van der Waals surface area contributed by atoms with E-state index in [2.05, 4.69) is 15.3 Å². The number of aryl methyl sites for hydroxylation is 2. The Bertz CT molecular complexity index is 845. The Hall–Kier alpha value is -1.99. The van der Waals surface area contributed by atoms with Crippen LogP contribution in [0.4, 0.5) is 0 Å². The van der Waals surface area contributed by atoms with Gasteiger partial charge in [-0.05, 0) is 30.9 Å². The van der Waals surface area contributed by atoms with E-state index in [1.165, 1.54) is 4.57 Å². The summed E-state index contributed by atoms with van der Waals surface area (Å²) in [6.45, 7) is 6.41. The number of pyridine rings is 1. The number of fused-ring (bicyclic) bond motifs is 1. The van der Waals surface area contributed by atoms with Crippen LogP contribution in [0.3, 0.4) is 0 Å². The molecular weight excluding hydrogens is 336 g/mol. The fraction of sp³-hybridized carbons (Fsp3) is 0.500. The van der Waals surface area contributed by atoms with Gasteiger partial charge in [0, 0.05) is 51.3 Å². The van der Waals surface area contributed by atoms with Gasteiger partial charge in [-0.15, -0.1) is 11.3 Å². The zero-order valence-electron chi connectivity index (χ0n) is 14.5. The van der Waals surface area contributed by atoms with E-state index >= 15 is 0 Å². The summed E-state index contributed by atoms with van der Waals surface area (Å²) in [4.78, 5) is 33.7. The van der Waals surface area contributed by atoms with Crippen LogP contribution in [0.1, 0.15) is 21.1 Å². The quantitative estimate of drug-likeness (QED) is 0.831. The molecule has 0 N–H and O–H groups in total. The van der Waals surface area contributed by atoms with Gasteiger partial charge < -0.3 is 9.47 Å². The van der Waals surface area contributed by atoms with Crippen LogP contribution >= 0.6 is 11.3 Å². The molecule has 0 radical (unpaired) electrons. The van der Waals surface area contributed by atoms with Gasteiger partial charge in [0.25, 0.3) is 11.5 Å². The monoisotopic (exact) mass is 358 g/mol. The minimum Gasteiger partial charge on any atom is -0.338 e. The minimum atomic E-state index is -0.218. The van der Waals surface area contributed by atoms with Crippen molar-refractivity contribution in [2.24, 2.45) is 18.9 Å². The zero-order valence-corrected chi connectivity index (χ0v) is 15.3. The smallest absolute Gasteiger partial charge is 0.263 e. The van der Waals surface area contributed by atoms with Crippen LogP contribution in [0, 0.1) is 18.8 Å². The first-order valence-electron chi connectivity index (χ1n) is 8.59. The second kappa shape index (κ2) is 6.38. The van der Waals surface area contributed by atoms with Crippen molar-refractivity contribution in [3.05, 3.63) is 50.3 Å². The predicted molar refractivity (Wildman–Crippen MR) is 96.7 cm³/mol. The molecule has 132 valence electrons. The van der Waals surface area contributed by atoms with Crippen LogP contribution < -0.4 is 5.56 Å². The molecule has 6 nitrogen and oxygen atoms in total. The average Bonchev–Trinajstić information content (AvgIpc) is 3.24. The molecule has 2 aromatic heterocycles. The normalized spacial score (nSPS) is 23.2. The third-order valence-electron chi connectivity index (χ3n) is 5.25. The molecular formula is C18H22N4O2S. The molecule has 0 aliphatic carbocycles. The van der Waals surface area contributed by atoms with Crippen molar-refractivity contribution in [3.63, 3.8) is 0 Å². The third-order valence-corrected chi connectivity index (χ3v) is 6.08. The number of carbonyl (C=O) groups is 1. The molecule has 0 spiro atoms. The molecule has 0 bridgehead atoms. The number of thiazole rings is 1. The maximum absolute atomic E-state index is 12.7. The topological polar surface area (TPSA) is 58.4 Å². The Kier molecular flexibility index (Phi) is 4.21. The molecule has 2 atom stereocenters. The highest BCUT2D eigenvalue weighted by atomic mass is 32.1. The molecule has 2 unspecified atom stereocenters. The third kappa shape index (κ3) is 3.14. The number of likely N-dealkylation sites (tertiary alicyclic amines) is 2. The van der Waals surface area contributed by atoms with Crippen molar-refractivity contribution in [2.75, 3.05) is 26.2 Å². The number of hydrogen-bond donors (Lipinski definition) is 0. The molecule has 2 fully saturated rings. The summed E-state index contributed by atoms with van der Waals surface area (Å²) in [5.74, 6) is 0.866. The molecule has 2 saturated heterocycles. The summed E-state index contributed by atoms with van der Waals surface area (Å²) in [6, 6.07) is 3.39. The lowest BCUT2D eigenvalue weighted by Gasteiger charge is -2.21. The van der Waals surface area contributed by atoms with Crippen LogP contribution in [0.2, 0.25) is 0 Å². The van der Waals surface area contributed by atoms with Gasteiger partial charge in [0.2, 0.25) is 0 Å². The number of rotatable bonds is 3. The summed E-state index contributed by atoms with van der Waals surface area (Å²) in [7, 11) is 1.68. The Morgan fingerprint density at radius 3 is 2.64 bits per heavy atom. The summed E-state index contributed by atoms with van der Waals surface area (Å²) >= 11 is 1.69. The van der Waals surface area contributed by atoms with Gasteiger partial charge in [0.15, 0.2) is 0 Å². The summed E-state index contributed by atoms with van der Waals surface area (Å²) in [6.07, 6.45) is 1.68. The Morgan fingerprint density at radius 2 is 2.00 bits per heavy atom. The minimum absolute atomic E-state index is 0.128. The molecule has 7 heteroatoms. The lowest BCUT2D eigenvalue weighted by molar-refractivity contribution is 0.0771. The van der Waals surface area contributed by atoms with Gasteiger partial charge >= 0.3 is 0 Å². The van der Waals surface area contributed by atoms with E-state index in [-0.39, 0.29) is 17.0 Å². The summed E-state index contributed by atoms with van der Waals surface area (Å²) in [5.41, 5.74) is 1.20. The molecule has 4 heterocycles. The number of nitrogens with zero attached hydrogens (tertiary/aromatic N) is 4. The number of aromatic nitrogens is 2. The fourth-order valence-corrected chi connectivity index (χ4v) is 4.63. The number of hydrogen-bond acceptors (Lipinski definition) is 5. The van der Waals surface area contributed by atoms with E-state index in [4.69, 9.17) is 0 Å². The lowest BCUT2D eigenvalue weighted by Crippen LogP contribution is -2.37. The van der Waals surface area contributed by atoms with E-state index in [0.29, 0.717) is 11.8 Å². The van der Waals surface area contributed by atoms with Gasteiger partial charge in [-0.2, -0.15) is 0 Å². The average molecular weight is 358 g/mol. The summed E-state index contributed by atoms with van der Waals surface area (Å²) < 4.78 is 1.46. The highest BCUT2D eigenvalue weighted by molar-refractivity contribution is 7.09. The first kappa shape index (κ1) is 16.5. The Labute approximate surface area is 150 Å². The van der Waals surface area contributed by atoms with Crippen LogP contribution in [0.25, 0.3) is 0 Å². The fourth-order valence-electron chi connectivity index (χ4n) is 4.03. The molecule has 1 amide bonds. The molecule has 2 aliphatic rings. The van der Waals surface area contributed by atoms with E-state index in [9.17, 15) is 9.59 Å². The predicted octanol–water partition coefficient (Wildman–Crippen LogP) is 1.35. The molecule has 0 saturated carbocycles.